The van der Waals surface area contributed by atoms with Crippen molar-refractivity contribution in [1.82, 2.24) is 0 Å². The minimum absolute atomic E-state index is 0.307. The van der Waals surface area contributed by atoms with E-state index in [0.717, 1.165) is 25.3 Å². The van der Waals surface area contributed by atoms with Crippen molar-refractivity contribution in [2.24, 2.45) is 5.92 Å². The molecule has 0 spiro atoms. The number of aliphatic hydroxyl groups excluding tert-OH is 1. The molecule has 1 aliphatic rings. The van der Waals surface area contributed by atoms with Crippen LogP contribution in [0.15, 0.2) is 24.3 Å². The van der Waals surface area contributed by atoms with Gasteiger partial charge in [0.25, 0.3) is 0 Å². The molecule has 3 heteroatoms. The molecule has 18 heavy (non-hydrogen) atoms. The van der Waals surface area contributed by atoms with Gasteiger partial charge in [-0.05, 0) is 56.4 Å². The summed E-state index contributed by atoms with van der Waals surface area (Å²) in [6.45, 7) is 5.20. The highest BCUT2D eigenvalue weighted by Crippen LogP contribution is 2.26. The number of nitrogens with zero attached hydrogens (tertiary/aromatic N) is 1. The van der Waals surface area contributed by atoms with Gasteiger partial charge in [0.05, 0.1) is 6.61 Å². The first-order chi connectivity index (χ1) is 8.83. The summed E-state index contributed by atoms with van der Waals surface area (Å²) in [6, 6.07) is 8.33. The normalized spacial score (nSPS) is 19.9. The van der Waals surface area contributed by atoms with Gasteiger partial charge in [-0.2, -0.15) is 0 Å². The Labute approximate surface area is 109 Å². The Kier molecular flexibility index (Phi) is 4.88. The van der Waals surface area contributed by atoms with Crippen LogP contribution >= 0.6 is 0 Å². The molecule has 1 unspecified atom stereocenters. The molecule has 0 aliphatic carbocycles. The average molecular weight is 249 g/mol. The van der Waals surface area contributed by atoms with Crippen molar-refractivity contribution in [2.45, 2.75) is 26.2 Å². The number of aliphatic hydroxyl groups is 1. The van der Waals surface area contributed by atoms with E-state index in [1.54, 1.807) is 0 Å². The smallest absolute Gasteiger partial charge is 0.119 e. The van der Waals surface area contributed by atoms with Crippen LogP contribution in [0.5, 0.6) is 5.75 Å². The molecule has 1 saturated heterocycles. The molecule has 0 radical (unpaired) electrons. The standard InChI is InChI=1S/C15H23NO2/c1-2-18-15-7-5-14(6-8-15)16-10-3-4-13(12-16)9-11-17/h5-8,13,17H,2-4,9-12H2,1H3. The van der Waals surface area contributed by atoms with E-state index in [1.807, 2.05) is 19.1 Å². The van der Waals surface area contributed by atoms with Crippen molar-refractivity contribution in [3.63, 3.8) is 0 Å². The van der Waals surface area contributed by atoms with Crippen molar-refractivity contribution in [3.05, 3.63) is 24.3 Å². The zero-order valence-electron chi connectivity index (χ0n) is 11.1. The first-order valence-electron chi connectivity index (χ1n) is 6.92. The van der Waals surface area contributed by atoms with E-state index in [9.17, 15) is 0 Å². The first-order valence-corrected chi connectivity index (χ1v) is 6.92. The maximum atomic E-state index is 9.04. The van der Waals surface area contributed by atoms with Crippen LogP contribution < -0.4 is 9.64 Å². The third-order valence-electron chi connectivity index (χ3n) is 3.57. The lowest BCUT2D eigenvalue weighted by Crippen LogP contribution is -2.35. The number of piperidine rings is 1. The third kappa shape index (κ3) is 3.39. The van der Waals surface area contributed by atoms with Crippen LogP contribution in [-0.2, 0) is 0 Å². The van der Waals surface area contributed by atoms with Crippen LogP contribution in [0.1, 0.15) is 26.2 Å². The quantitative estimate of drug-likeness (QED) is 0.871. The zero-order chi connectivity index (χ0) is 12.8. The summed E-state index contributed by atoms with van der Waals surface area (Å²) in [5.74, 6) is 1.57. The van der Waals surface area contributed by atoms with Gasteiger partial charge in [0.15, 0.2) is 0 Å². The SMILES string of the molecule is CCOc1ccc(N2CCCC(CCO)C2)cc1. The van der Waals surface area contributed by atoms with E-state index in [4.69, 9.17) is 9.84 Å². The average Bonchev–Trinajstić information content (AvgIpc) is 2.41. The summed E-state index contributed by atoms with van der Waals surface area (Å²) in [7, 11) is 0. The van der Waals surface area contributed by atoms with E-state index >= 15 is 0 Å². The lowest BCUT2D eigenvalue weighted by molar-refractivity contribution is 0.244. The van der Waals surface area contributed by atoms with Gasteiger partial charge in [-0.1, -0.05) is 0 Å². The Balaban J connectivity index is 1.97. The zero-order valence-corrected chi connectivity index (χ0v) is 11.1. The van der Waals surface area contributed by atoms with Crippen molar-refractivity contribution in [3.8, 4) is 5.75 Å². The second-order valence-corrected chi connectivity index (χ2v) is 4.89. The lowest BCUT2D eigenvalue weighted by Gasteiger charge is -2.34. The molecule has 1 heterocycles. The molecule has 0 amide bonds. The highest BCUT2D eigenvalue weighted by molar-refractivity contribution is 5.49. The number of ether oxygens (including phenoxy) is 1. The molecule has 3 nitrogen and oxygen atoms in total. The van der Waals surface area contributed by atoms with Crippen molar-refractivity contribution < 1.29 is 9.84 Å². The summed E-state index contributed by atoms with van der Waals surface area (Å²) >= 11 is 0. The molecule has 100 valence electrons. The summed E-state index contributed by atoms with van der Waals surface area (Å²) in [6.07, 6.45) is 3.39. The van der Waals surface area contributed by atoms with E-state index in [1.165, 1.54) is 18.5 Å². The minimum Gasteiger partial charge on any atom is -0.494 e. The highest BCUT2D eigenvalue weighted by Gasteiger charge is 2.19. The monoisotopic (exact) mass is 249 g/mol. The second-order valence-electron chi connectivity index (χ2n) is 4.89. The fraction of sp³-hybridized carbons (Fsp3) is 0.600. The van der Waals surface area contributed by atoms with Crippen LogP contribution in [0.25, 0.3) is 0 Å². The Bertz CT molecular complexity index is 348. The maximum Gasteiger partial charge on any atom is 0.119 e. The number of anilines is 1. The Hall–Kier alpha value is -1.22. The van der Waals surface area contributed by atoms with E-state index < -0.39 is 0 Å². The number of hydrogen-bond acceptors (Lipinski definition) is 3. The van der Waals surface area contributed by atoms with Crippen LogP contribution in [-0.4, -0.2) is 31.4 Å². The van der Waals surface area contributed by atoms with Gasteiger partial charge >= 0.3 is 0 Å². The van der Waals surface area contributed by atoms with Crippen molar-refractivity contribution in [2.75, 3.05) is 31.2 Å². The molecule has 1 N–H and O–H groups in total. The van der Waals surface area contributed by atoms with Crippen LogP contribution in [0.4, 0.5) is 5.69 Å². The molecule has 0 aromatic heterocycles. The summed E-state index contributed by atoms with van der Waals surface area (Å²) in [5.41, 5.74) is 1.26. The van der Waals surface area contributed by atoms with Gasteiger partial charge in [-0.3, -0.25) is 0 Å². The fourth-order valence-corrected chi connectivity index (χ4v) is 2.64. The molecular weight excluding hydrogens is 226 g/mol. The predicted molar refractivity (Wildman–Crippen MR) is 74.3 cm³/mol. The van der Waals surface area contributed by atoms with Gasteiger partial charge in [-0.25, -0.2) is 0 Å². The van der Waals surface area contributed by atoms with E-state index in [-0.39, 0.29) is 0 Å². The summed E-state index contributed by atoms with van der Waals surface area (Å²) < 4.78 is 5.46. The topological polar surface area (TPSA) is 32.7 Å². The van der Waals surface area contributed by atoms with Gasteiger partial charge in [0.2, 0.25) is 0 Å². The third-order valence-corrected chi connectivity index (χ3v) is 3.57. The number of benzene rings is 1. The minimum atomic E-state index is 0.307. The van der Waals surface area contributed by atoms with E-state index in [2.05, 4.69) is 17.0 Å². The molecule has 1 aliphatic heterocycles. The number of hydrogen-bond donors (Lipinski definition) is 1. The fourth-order valence-electron chi connectivity index (χ4n) is 2.64. The molecule has 1 atom stereocenters. The second kappa shape index (κ2) is 6.64. The first kappa shape index (κ1) is 13.2. The predicted octanol–water partition coefficient (Wildman–Crippen LogP) is 2.68. The Morgan fingerprint density at radius 3 is 2.78 bits per heavy atom. The highest BCUT2D eigenvalue weighted by atomic mass is 16.5. The van der Waals surface area contributed by atoms with Crippen molar-refractivity contribution in [1.29, 1.82) is 0 Å². The summed E-state index contributed by atoms with van der Waals surface area (Å²) in [5, 5.41) is 9.04. The van der Waals surface area contributed by atoms with Gasteiger partial charge in [-0.15, -0.1) is 0 Å². The molecule has 1 fully saturated rings. The largest absolute Gasteiger partial charge is 0.494 e. The summed E-state index contributed by atoms with van der Waals surface area (Å²) in [4.78, 5) is 2.42. The van der Waals surface area contributed by atoms with Crippen LogP contribution in [0.3, 0.4) is 0 Å². The van der Waals surface area contributed by atoms with Crippen LogP contribution in [0, 0.1) is 5.92 Å². The molecule has 1 aromatic rings. The Morgan fingerprint density at radius 2 is 2.11 bits per heavy atom. The van der Waals surface area contributed by atoms with Crippen molar-refractivity contribution >= 4 is 5.69 Å². The van der Waals surface area contributed by atoms with Crippen LogP contribution in [0.2, 0.25) is 0 Å². The maximum absolute atomic E-state index is 9.04. The van der Waals surface area contributed by atoms with Gasteiger partial charge < -0.3 is 14.7 Å². The molecular formula is C15H23NO2. The molecule has 0 saturated carbocycles. The Morgan fingerprint density at radius 1 is 1.33 bits per heavy atom. The number of rotatable bonds is 5. The van der Waals surface area contributed by atoms with E-state index in [0.29, 0.717) is 19.1 Å². The van der Waals surface area contributed by atoms with Gasteiger partial charge in [0, 0.05) is 25.4 Å². The lowest BCUT2D eigenvalue weighted by atomic mass is 9.95. The molecule has 2 rings (SSSR count). The molecule has 1 aromatic carbocycles. The molecule has 0 bridgehead atoms. The van der Waals surface area contributed by atoms with Gasteiger partial charge in [0.1, 0.15) is 5.75 Å².